The van der Waals surface area contributed by atoms with E-state index in [1.807, 2.05) is 0 Å². The zero-order chi connectivity index (χ0) is 40.0. The molecule has 0 spiro atoms. The number of para-hydroxylation sites is 1. The van der Waals surface area contributed by atoms with Crippen molar-refractivity contribution in [3.05, 3.63) is 251 Å². The van der Waals surface area contributed by atoms with E-state index >= 15 is 0 Å². The fraction of sp³-hybridized carbons (Fsp3) is 0.103. The molecule has 3 aliphatic rings. The molecule has 1 unspecified atom stereocenters. The van der Waals surface area contributed by atoms with Gasteiger partial charge in [-0.15, -0.1) is 0 Å². The maximum Gasteiger partial charge on any atom is 0.137 e. The van der Waals surface area contributed by atoms with Crippen molar-refractivity contribution in [2.45, 2.75) is 37.0 Å². The molecule has 2 heteroatoms. The molecule has 1 heterocycles. The summed E-state index contributed by atoms with van der Waals surface area (Å²) in [5, 5.41) is 2.22. The summed E-state index contributed by atoms with van der Waals surface area (Å²) in [6.45, 7) is 4.82. The van der Waals surface area contributed by atoms with Gasteiger partial charge in [-0.05, 0) is 110 Å². The van der Waals surface area contributed by atoms with Gasteiger partial charge >= 0.3 is 0 Å². The van der Waals surface area contributed by atoms with E-state index in [2.05, 4.69) is 225 Å². The first-order chi connectivity index (χ1) is 29.5. The van der Waals surface area contributed by atoms with Crippen LogP contribution in [-0.4, -0.2) is 0 Å². The molecule has 0 saturated carbocycles. The second-order valence-electron chi connectivity index (χ2n) is 17.1. The first kappa shape index (κ1) is 34.8. The number of hydrogen-bond donors (Lipinski definition) is 0. The minimum atomic E-state index is -0.521. The summed E-state index contributed by atoms with van der Waals surface area (Å²) < 4.78 is 6.56. The highest BCUT2D eigenvalue weighted by molar-refractivity contribution is 6.13. The van der Waals surface area contributed by atoms with Crippen molar-refractivity contribution in [2.24, 2.45) is 0 Å². The van der Waals surface area contributed by atoms with Crippen molar-refractivity contribution >= 4 is 44.6 Å². The molecule has 1 atom stereocenters. The maximum atomic E-state index is 6.56. The first-order valence-corrected chi connectivity index (χ1v) is 21.2. The molecule has 2 nitrogen and oxygen atoms in total. The van der Waals surface area contributed by atoms with Crippen molar-refractivity contribution in [1.29, 1.82) is 0 Å². The molecule has 8 aromatic carbocycles. The Morgan fingerprint density at radius 3 is 1.95 bits per heavy atom. The average molecular weight is 770 g/mol. The highest BCUT2D eigenvalue weighted by Crippen LogP contribution is 2.58. The molecule has 60 heavy (non-hydrogen) atoms. The third-order valence-corrected chi connectivity index (χ3v) is 13.7. The van der Waals surface area contributed by atoms with Gasteiger partial charge in [0, 0.05) is 28.1 Å². The average Bonchev–Trinajstić information content (AvgIpc) is 3.91. The van der Waals surface area contributed by atoms with Gasteiger partial charge in [-0.25, -0.2) is 0 Å². The molecular weight excluding hydrogens is 727 g/mol. The second kappa shape index (κ2) is 13.2. The van der Waals surface area contributed by atoms with Gasteiger partial charge in [0.25, 0.3) is 0 Å². The number of fused-ring (bicyclic) bond motifs is 8. The molecule has 286 valence electrons. The fourth-order valence-electron chi connectivity index (χ4n) is 11.3. The summed E-state index contributed by atoms with van der Waals surface area (Å²) in [6, 6.07) is 71.6. The zero-order valence-electron chi connectivity index (χ0n) is 33.8. The molecule has 0 bridgehead atoms. The van der Waals surface area contributed by atoms with Gasteiger partial charge in [-0.3, -0.25) is 0 Å². The highest BCUT2D eigenvalue weighted by Gasteiger charge is 2.46. The minimum absolute atomic E-state index is 0.0778. The zero-order valence-corrected chi connectivity index (χ0v) is 33.8. The van der Waals surface area contributed by atoms with E-state index in [0.717, 1.165) is 45.4 Å². The van der Waals surface area contributed by atoms with Gasteiger partial charge in [-0.2, -0.15) is 0 Å². The minimum Gasteiger partial charge on any atom is -0.456 e. The van der Waals surface area contributed by atoms with Crippen LogP contribution < -0.4 is 4.90 Å². The van der Waals surface area contributed by atoms with Crippen LogP contribution in [0.3, 0.4) is 0 Å². The second-order valence-corrected chi connectivity index (χ2v) is 17.1. The van der Waals surface area contributed by atoms with Crippen LogP contribution in [0.1, 0.15) is 65.1 Å². The van der Waals surface area contributed by atoms with Crippen LogP contribution in [0.5, 0.6) is 0 Å². The molecule has 0 amide bonds. The number of nitrogens with zero attached hydrogens (tertiary/aromatic N) is 1. The number of furan rings is 1. The topological polar surface area (TPSA) is 16.4 Å². The van der Waals surface area contributed by atoms with Crippen LogP contribution in [0.2, 0.25) is 0 Å². The predicted molar refractivity (Wildman–Crippen MR) is 249 cm³/mol. The smallest absolute Gasteiger partial charge is 0.137 e. The van der Waals surface area contributed by atoms with Crippen LogP contribution in [0.25, 0.3) is 38.6 Å². The lowest BCUT2D eigenvalue weighted by Crippen LogP contribution is -2.28. The number of anilines is 3. The molecule has 0 N–H and O–H groups in total. The van der Waals surface area contributed by atoms with Crippen LogP contribution in [0, 0.1) is 0 Å². The van der Waals surface area contributed by atoms with Gasteiger partial charge in [0.1, 0.15) is 11.2 Å². The molecule has 12 rings (SSSR count). The Kier molecular flexibility index (Phi) is 7.65. The Bertz CT molecular complexity index is 3180. The SMILES string of the molecule is CC1(C)C2=C(C=CCC2c2cccc(N(c3ccc4c(c3)C(c3ccccc3)(c3ccccc3)c3ccccc3-4)c3cccc4oc5ccccc5c34)c2)c2ccccc21. The Hall–Kier alpha value is -7.16. The predicted octanol–water partition coefficient (Wildman–Crippen LogP) is 15.2. The van der Waals surface area contributed by atoms with Crippen LogP contribution >= 0.6 is 0 Å². The number of allylic oxidation sites excluding steroid dienone is 4. The van der Waals surface area contributed by atoms with E-state index < -0.39 is 5.41 Å². The molecule has 3 aliphatic carbocycles. The number of benzene rings is 8. The summed E-state index contributed by atoms with van der Waals surface area (Å²) >= 11 is 0. The van der Waals surface area contributed by atoms with Crippen molar-refractivity contribution in [2.75, 3.05) is 4.90 Å². The monoisotopic (exact) mass is 769 g/mol. The first-order valence-electron chi connectivity index (χ1n) is 21.2. The Morgan fingerprint density at radius 2 is 1.15 bits per heavy atom. The maximum absolute atomic E-state index is 6.56. The summed E-state index contributed by atoms with van der Waals surface area (Å²) in [4.78, 5) is 2.49. The molecule has 9 aromatic rings. The van der Waals surface area contributed by atoms with E-state index in [0.29, 0.717) is 0 Å². The van der Waals surface area contributed by atoms with Crippen molar-refractivity contribution in [1.82, 2.24) is 0 Å². The van der Waals surface area contributed by atoms with Crippen molar-refractivity contribution in [3.63, 3.8) is 0 Å². The van der Waals surface area contributed by atoms with Crippen molar-refractivity contribution in [3.8, 4) is 11.1 Å². The lowest BCUT2D eigenvalue weighted by Gasteiger charge is -2.35. The summed E-state index contributed by atoms with van der Waals surface area (Å²) in [5.41, 5.74) is 19.1. The lowest BCUT2D eigenvalue weighted by molar-refractivity contribution is 0.573. The van der Waals surface area contributed by atoms with E-state index in [4.69, 9.17) is 4.42 Å². The van der Waals surface area contributed by atoms with Gasteiger partial charge in [0.2, 0.25) is 0 Å². The third kappa shape index (κ3) is 4.88. The van der Waals surface area contributed by atoms with Gasteiger partial charge in [0.15, 0.2) is 0 Å². The van der Waals surface area contributed by atoms with Gasteiger partial charge < -0.3 is 9.32 Å². The summed E-state index contributed by atoms with van der Waals surface area (Å²) in [6.07, 6.45) is 5.72. The quantitative estimate of drug-likeness (QED) is 0.167. The fourth-order valence-corrected chi connectivity index (χ4v) is 11.3. The molecule has 0 radical (unpaired) electrons. The third-order valence-electron chi connectivity index (χ3n) is 13.7. The number of hydrogen-bond acceptors (Lipinski definition) is 2. The standard InChI is InChI=1S/C58H43NO/c1-57(2)49-29-12-9-25-45(49)47-28-16-27-43(56(47)57)38-18-15-23-41(36-38)59(52-31-17-33-54-55(52)48-26-11-14-32-53(48)60-54)42-34-35-46-44-24-10-13-30-50(44)58(51(46)37-42,39-19-5-3-6-20-39)40-21-7-4-8-22-40/h3-26,28-37,43H,27H2,1-2H3. The molecule has 0 fully saturated rings. The molecule has 1 aromatic heterocycles. The largest absolute Gasteiger partial charge is 0.456 e. The van der Waals surface area contributed by atoms with Gasteiger partial charge in [0.05, 0.1) is 16.5 Å². The van der Waals surface area contributed by atoms with E-state index in [1.165, 1.54) is 61.2 Å². The summed E-state index contributed by atoms with van der Waals surface area (Å²) in [7, 11) is 0. The van der Waals surface area contributed by atoms with E-state index in [-0.39, 0.29) is 11.3 Å². The van der Waals surface area contributed by atoms with E-state index in [1.54, 1.807) is 0 Å². The summed E-state index contributed by atoms with van der Waals surface area (Å²) in [5.74, 6) is 0.248. The van der Waals surface area contributed by atoms with Gasteiger partial charge in [-0.1, -0.05) is 178 Å². The van der Waals surface area contributed by atoms with Crippen LogP contribution in [-0.2, 0) is 10.8 Å². The van der Waals surface area contributed by atoms with Crippen LogP contribution in [0.15, 0.2) is 216 Å². The number of rotatable bonds is 6. The lowest BCUT2D eigenvalue weighted by atomic mass is 9.67. The van der Waals surface area contributed by atoms with E-state index in [9.17, 15) is 0 Å². The Morgan fingerprint density at radius 1 is 0.517 bits per heavy atom. The normalized spacial score (nSPS) is 16.7. The van der Waals surface area contributed by atoms with Crippen LogP contribution in [0.4, 0.5) is 17.1 Å². The Labute approximate surface area is 351 Å². The molecule has 0 aliphatic heterocycles. The molecular formula is C58H43NO. The highest BCUT2D eigenvalue weighted by atomic mass is 16.3. The van der Waals surface area contributed by atoms with Crippen molar-refractivity contribution < 1.29 is 4.42 Å². The Balaban J connectivity index is 1.11. The molecule has 0 saturated heterocycles.